The molecule has 1 aromatic carbocycles. The first-order chi connectivity index (χ1) is 6.36. The highest BCUT2D eigenvalue weighted by Gasteiger charge is 1.93. The van der Waals surface area contributed by atoms with Gasteiger partial charge in [0.05, 0.1) is 0 Å². The van der Waals surface area contributed by atoms with E-state index in [2.05, 4.69) is 24.3 Å². The topological polar surface area (TPSA) is 46.2 Å². The first kappa shape index (κ1) is 10.2. The lowest BCUT2D eigenvalue weighted by Gasteiger charge is -2.01. The molecule has 13 heavy (non-hydrogen) atoms. The number of hydrogen-bond acceptors (Lipinski definition) is 2. The van der Waals surface area contributed by atoms with E-state index in [0.717, 1.165) is 19.3 Å². The van der Waals surface area contributed by atoms with Crippen LogP contribution in [0, 0.1) is 0 Å². The lowest BCUT2D eigenvalue weighted by atomic mass is 10.1. The van der Waals surface area contributed by atoms with Crippen molar-refractivity contribution in [3.8, 4) is 0 Å². The maximum Gasteiger partial charge on any atom is 0.0431 e. The van der Waals surface area contributed by atoms with E-state index in [0.29, 0.717) is 13.2 Å². The van der Waals surface area contributed by atoms with Gasteiger partial charge in [0.1, 0.15) is 0 Å². The second-order valence-corrected chi connectivity index (χ2v) is 3.20. The molecule has 0 spiro atoms. The van der Waals surface area contributed by atoms with Crippen LogP contribution in [0.25, 0.3) is 0 Å². The van der Waals surface area contributed by atoms with E-state index in [1.54, 1.807) is 0 Å². The minimum Gasteiger partial charge on any atom is -0.396 e. The fourth-order valence-electron chi connectivity index (χ4n) is 1.28. The molecule has 72 valence electrons. The molecule has 0 saturated heterocycles. The average molecular weight is 179 g/mol. The summed E-state index contributed by atoms with van der Waals surface area (Å²) in [4.78, 5) is 0. The molecule has 0 fully saturated rings. The Morgan fingerprint density at radius 2 is 1.62 bits per heavy atom. The minimum atomic E-state index is 0.293. The zero-order chi connectivity index (χ0) is 9.52. The number of aliphatic hydroxyl groups excluding tert-OH is 1. The number of rotatable bonds is 5. The Morgan fingerprint density at radius 3 is 2.15 bits per heavy atom. The first-order valence-corrected chi connectivity index (χ1v) is 4.75. The molecule has 0 aliphatic rings. The lowest BCUT2D eigenvalue weighted by molar-refractivity contribution is 0.284. The van der Waals surface area contributed by atoms with Crippen LogP contribution in [0.3, 0.4) is 0 Å². The molecular formula is C11H17NO. The Kier molecular flexibility index (Phi) is 4.50. The third-order valence-corrected chi connectivity index (χ3v) is 2.13. The Hall–Kier alpha value is -0.860. The predicted molar refractivity (Wildman–Crippen MR) is 54.4 cm³/mol. The van der Waals surface area contributed by atoms with Crippen LogP contribution in [-0.2, 0) is 13.0 Å². The van der Waals surface area contributed by atoms with Crippen LogP contribution in [-0.4, -0.2) is 11.7 Å². The summed E-state index contributed by atoms with van der Waals surface area (Å²) in [6.07, 6.45) is 2.99. The molecule has 2 heteroatoms. The van der Waals surface area contributed by atoms with Gasteiger partial charge in [-0.05, 0) is 30.4 Å². The van der Waals surface area contributed by atoms with Gasteiger partial charge in [0.2, 0.25) is 0 Å². The average Bonchev–Trinajstić information content (AvgIpc) is 2.19. The van der Waals surface area contributed by atoms with Crippen LogP contribution in [0.4, 0.5) is 0 Å². The van der Waals surface area contributed by atoms with E-state index in [1.165, 1.54) is 11.1 Å². The second-order valence-electron chi connectivity index (χ2n) is 3.20. The van der Waals surface area contributed by atoms with Gasteiger partial charge in [-0.1, -0.05) is 24.3 Å². The Balaban J connectivity index is 2.40. The van der Waals surface area contributed by atoms with Crippen molar-refractivity contribution in [2.45, 2.75) is 25.8 Å². The largest absolute Gasteiger partial charge is 0.396 e. The number of nitrogens with two attached hydrogens (primary N) is 1. The molecule has 1 aromatic rings. The van der Waals surface area contributed by atoms with Crippen LogP contribution >= 0.6 is 0 Å². The lowest BCUT2D eigenvalue weighted by Crippen LogP contribution is -1.96. The third kappa shape index (κ3) is 3.57. The van der Waals surface area contributed by atoms with Crippen LogP contribution in [0.1, 0.15) is 24.0 Å². The molecule has 0 unspecified atom stereocenters. The molecule has 2 nitrogen and oxygen atoms in total. The SMILES string of the molecule is NCc1ccc(CCCCO)cc1. The van der Waals surface area contributed by atoms with Gasteiger partial charge >= 0.3 is 0 Å². The Bertz CT molecular complexity index is 230. The first-order valence-electron chi connectivity index (χ1n) is 4.75. The van der Waals surface area contributed by atoms with Crippen molar-refractivity contribution >= 4 is 0 Å². The summed E-state index contributed by atoms with van der Waals surface area (Å²) in [7, 11) is 0. The summed E-state index contributed by atoms with van der Waals surface area (Å²) in [6.45, 7) is 0.901. The van der Waals surface area contributed by atoms with Crippen molar-refractivity contribution in [1.82, 2.24) is 0 Å². The highest BCUT2D eigenvalue weighted by molar-refractivity contribution is 5.22. The fourth-order valence-corrected chi connectivity index (χ4v) is 1.28. The molecule has 0 aliphatic heterocycles. The van der Waals surface area contributed by atoms with Crippen molar-refractivity contribution in [2.75, 3.05) is 6.61 Å². The monoisotopic (exact) mass is 179 g/mol. The second kappa shape index (κ2) is 5.73. The van der Waals surface area contributed by atoms with Crippen molar-refractivity contribution < 1.29 is 5.11 Å². The van der Waals surface area contributed by atoms with E-state index in [9.17, 15) is 0 Å². The quantitative estimate of drug-likeness (QED) is 0.672. The molecule has 0 aromatic heterocycles. The van der Waals surface area contributed by atoms with Gasteiger partial charge in [-0.2, -0.15) is 0 Å². The minimum absolute atomic E-state index is 0.293. The van der Waals surface area contributed by atoms with Crippen molar-refractivity contribution in [3.63, 3.8) is 0 Å². The molecule has 3 N–H and O–H groups in total. The highest BCUT2D eigenvalue weighted by Crippen LogP contribution is 2.07. The molecule has 0 heterocycles. The summed E-state index contributed by atoms with van der Waals surface area (Å²) in [5, 5.41) is 8.61. The van der Waals surface area contributed by atoms with E-state index < -0.39 is 0 Å². The Labute approximate surface area is 79.4 Å². The van der Waals surface area contributed by atoms with Crippen LogP contribution in [0.15, 0.2) is 24.3 Å². The zero-order valence-corrected chi connectivity index (χ0v) is 7.87. The number of aliphatic hydroxyl groups is 1. The van der Waals surface area contributed by atoms with E-state index in [-0.39, 0.29) is 0 Å². The fraction of sp³-hybridized carbons (Fsp3) is 0.455. The van der Waals surface area contributed by atoms with Crippen LogP contribution < -0.4 is 5.73 Å². The summed E-state index contributed by atoms with van der Waals surface area (Å²) < 4.78 is 0. The van der Waals surface area contributed by atoms with Gasteiger partial charge in [-0.3, -0.25) is 0 Å². The van der Waals surface area contributed by atoms with E-state index in [1.807, 2.05) is 0 Å². The normalized spacial score (nSPS) is 10.3. The maximum atomic E-state index is 8.61. The predicted octanol–water partition coefficient (Wildman–Crippen LogP) is 1.46. The van der Waals surface area contributed by atoms with E-state index >= 15 is 0 Å². The maximum absolute atomic E-state index is 8.61. The van der Waals surface area contributed by atoms with Crippen molar-refractivity contribution in [3.05, 3.63) is 35.4 Å². The van der Waals surface area contributed by atoms with Crippen molar-refractivity contribution in [2.24, 2.45) is 5.73 Å². The molecule has 0 amide bonds. The van der Waals surface area contributed by atoms with Gasteiger partial charge < -0.3 is 10.8 Å². The number of unbranched alkanes of at least 4 members (excludes halogenated alkanes) is 1. The standard InChI is InChI=1S/C11H17NO/c12-9-11-6-4-10(5-7-11)3-1-2-8-13/h4-7,13H,1-3,8-9,12H2. The number of aryl methyl sites for hydroxylation is 1. The van der Waals surface area contributed by atoms with Crippen LogP contribution in [0.2, 0.25) is 0 Å². The van der Waals surface area contributed by atoms with Gasteiger partial charge in [0, 0.05) is 13.2 Å². The molecular weight excluding hydrogens is 162 g/mol. The summed E-state index contributed by atoms with van der Waals surface area (Å²) in [6, 6.07) is 8.35. The highest BCUT2D eigenvalue weighted by atomic mass is 16.2. The molecule has 0 saturated carbocycles. The Morgan fingerprint density at radius 1 is 1.00 bits per heavy atom. The third-order valence-electron chi connectivity index (χ3n) is 2.13. The summed E-state index contributed by atoms with van der Waals surface area (Å²) in [5.74, 6) is 0. The van der Waals surface area contributed by atoms with Gasteiger partial charge in [-0.15, -0.1) is 0 Å². The molecule has 0 atom stereocenters. The number of benzene rings is 1. The molecule has 0 radical (unpaired) electrons. The van der Waals surface area contributed by atoms with Gasteiger partial charge in [0.15, 0.2) is 0 Å². The zero-order valence-electron chi connectivity index (χ0n) is 7.87. The molecule has 0 bridgehead atoms. The van der Waals surface area contributed by atoms with E-state index in [4.69, 9.17) is 10.8 Å². The molecule has 1 rings (SSSR count). The van der Waals surface area contributed by atoms with Gasteiger partial charge in [-0.25, -0.2) is 0 Å². The van der Waals surface area contributed by atoms with Gasteiger partial charge in [0.25, 0.3) is 0 Å². The molecule has 0 aliphatic carbocycles. The van der Waals surface area contributed by atoms with Crippen molar-refractivity contribution in [1.29, 1.82) is 0 Å². The summed E-state index contributed by atoms with van der Waals surface area (Å²) in [5.41, 5.74) is 7.99. The summed E-state index contributed by atoms with van der Waals surface area (Å²) >= 11 is 0. The van der Waals surface area contributed by atoms with Crippen LogP contribution in [0.5, 0.6) is 0 Å². The number of hydrogen-bond donors (Lipinski definition) is 2. The smallest absolute Gasteiger partial charge is 0.0431 e.